The lowest BCUT2D eigenvalue weighted by molar-refractivity contribution is -0.0932. The van der Waals surface area contributed by atoms with Crippen molar-refractivity contribution in [3.63, 3.8) is 0 Å². The molecule has 270 valence electrons. The van der Waals surface area contributed by atoms with Crippen molar-refractivity contribution in [2.45, 2.75) is 81.6 Å². The third kappa shape index (κ3) is 6.80. The Labute approximate surface area is 311 Å². The highest BCUT2D eigenvalue weighted by atomic mass is 35.5. The first-order chi connectivity index (χ1) is 24.8. The summed E-state index contributed by atoms with van der Waals surface area (Å²) in [5.74, 6) is 1.90. The normalized spacial score (nSPS) is 31.6. The number of carbonyl (C=O) groups excluding carboxylic acids is 1. The molecule has 1 fully saturated rings. The zero-order valence-electron chi connectivity index (χ0n) is 30.1. The van der Waals surface area contributed by atoms with E-state index in [9.17, 15) is 4.79 Å². The second-order valence-corrected chi connectivity index (χ2v) is 17.3. The molecular formula is C41H50ClN5O3S. The van der Waals surface area contributed by atoms with E-state index in [1.807, 2.05) is 31.5 Å². The Morgan fingerprint density at radius 2 is 2.04 bits per heavy atom. The van der Waals surface area contributed by atoms with Gasteiger partial charge in [0.2, 0.25) is 0 Å². The summed E-state index contributed by atoms with van der Waals surface area (Å²) in [7, 11) is 1.91. The van der Waals surface area contributed by atoms with Crippen LogP contribution in [0.15, 0.2) is 61.1 Å². The molecule has 1 aromatic heterocycles. The van der Waals surface area contributed by atoms with Gasteiger partial charge < -0.3 is 14.4 Å². The Balaban J connectivity index is 1.17. The second kappa shape index (κ2) is 14.4. The van der Waals surface area contributed by atoms with Gasteiger partial charge in [0.25, 0.3) is 5.91 Å². The van der Waals surface area contributed by atoms with E-state index in [2.05, 4.69) is 68.7 Å². The molecule has 3 aliphatic heterocycles. The van der Waals surface area contributed by atoms with Gasteiger partial charge in [-0.05, 0) is 110 Å². The number of amides is 1. The average molecular weight is 728 g/mol. The molecule has 51 heavy (non-hydrogen) atoms. The quantitative estimate of drug-likeness (QED) is 0.221. The molecule has 3 aromatic rings. The number of aromatic nitrogens is 2. The van der Waals surface area contributed by atoms with Gasteiger partial charge in [-0.3, -0.25) is 14.4 Å². The molecule has 1 amide bonds. The molecule has 6 atom stereocenters. The van der Waals surface area contributed by atoms with Crippen LogP contribution in [0.1, 0.15) is 78.7 Å². The molecule has 1 saturated carbocycles. The molecular weight excluding hydrogens is 678 g/mol. The molecule has 0 radical (unpaired) electrons. The first kappa shape index (κ1) is 34.9. The van der Waals surface area contributed by atoms with Crippen LogP contribution < -0.4 is 14.4 Å². The zero-order valence-corrected chi connectivity index (χ0v) is 31.6. The highest BCUT2D eigenvalue weighted by molar-refractivity contribution is 7.98. The van der Waals surface area contributed by atoms with Crippen LogP contribution in [0.5, 0.6) is 5.75 Å². The van der Waals surface area contributed by atoms with Crippen molar-refractivity contribution >= 4 is 35.1 Å². The van der Waals surface area contributed by atoms with Crippen molar-refractivity contribution in [2.75, 3.05) is 44.8 Å². The number of hydrogen-bond acceptors (Lipinski definition) is 8. The van der Waals surface area contributed by atoms with Gasteiger partial charge in [0.1, 0.15) is 17.7 Å². The maximum atomic E-state index is 13.6. The van der Waals surface area contributed by atoms with Crippen LogP contribution in [-0.4, -0.2) is 71.5 Å². The average Bonchev–Trinajstić information content (AvgIpc) is 3.28. The lowest BCUT2D eigenvalue weighted by atomic mass is 9.63. The number of benzene rings is 2. The lowest BCUT2D eigenvalue weighted by Crippen LogP contribution is -2.57. The number of fused-ring (bicyclic) bond motifs is 5. The number of halogens is 1. The van der Waals surface area contributed by atoms with Crippen molar-refractivity contribution in [3.05, 3.63) is 94.0 Å². The van der Waals surface area contributed by atoms with E-state index in [1.54, 1.807) is 6.33 Å². The molecule has 1 N–H and O–H groups in total. The van der Waals surface area contributed by atoms with Gasteiger partial charge in [0, 0.05) is 85.0 Å². The molecule has 2 aromatic carbocycles. The number of allylic oxidation sites excluding steroid dienone is 1. The van der Waals surface area contributed by atoms with Gasteiger partial charge in [-0.15, -0.1) is 0 Å². The number of nitrogens with zero attached hydrogens (tertiary/aromatic N) is 4. The van der Waals surface area contributed by atoms with Crippen molar-refractivity contribution in [1.29, 1.82) is 0 Å². The van der Waals surface area contributed by atoms with Gasteiger partial charge >= 0.3 is 0 Å². The Bertz CT molecular complexity index is 1810. The van der Waals surface area contributed by atoms with Crippen molar-refractivity contribution < 1.29 is 14.3 Å². The zero-order chi connectivity index (χ0) is 35.2. The summed E-state index contributed by atoms with van der Waals surface area (Å²) in [5, 5.41) is 1.02. The number of carbonyl (C=O) groups is 1. The Hall–Kier alpha value is -3.11. The van der Waals surface area contributed by atoms with Gasteiger partial charge in [0.05, 0.1) is 12.3 Å². The van der Waals surface area contributed by atoms with Crippen molar-refractivity contribution in [2.24, 2.45) is 17.8 Å². The summed E-state index contributed by atoms with van der Waals surface area (Å²) in [6.07, 6.45) is 15.7. The van der Waals surface area contributed by atoms with Crippen molar-refractivity contribution in [1.82, 2.24) is 19.6 Å². The summed E-state index contributed by atoms with van der Waals surface area (Å²) in [5.41, 5.74) is 6.13. The van der Waals surface area contributed by atoms with Crippen molar-refractivity contribution in [3.8, 4) is 5.75 Å². The molecule has 0 saturated heterocycles. The van der Waals surface area contributed by atoms with Crippen LogP contribution >= 0.6 is 23.5 Å². The SMILES string of the molecule is CO[C@]1(CN2CCc3ncncc3C2)/C=C/CC(C)C(C)SNC(=O)c2ccc3c(c2)N(CC2CCC21)C[C@@]1(CCCc2cc(Cl)ccc21)CO3. The number of hydrogen-bond donors (Lipinski definition) is 1. The smallest absolute Gasteiger partial charge is 0.261 e. The maximum Gasteiger partial charge on any atom is 0.261 e. The van der Waals surface area contributed by atoms with Crippen LogP contribution in [0.25, 0.3) is 0 Å². The fourth-order valence-electron chi connectivity index (χ4n) is 9.35. The third-order valence-electron chi connectivity index (χ3n) is 12.6. The summed E-state index contributed by atoms with van der Waals surface area (Å²) in [4.78, 5) is 27.6. The molecule has 2 aliphatic carbocycles. The number of anilines is 1. The van der Waals surface area contributed by atoms with Gasteiger partial charge in [-0.1, -0.05) is 43.7 Å². The van der Waals surface area contributed by atoms with Crippen LogP contribution in [0, 0.1) is 17.8 Å². The van der Waals surface area contributed by atoms with E-state index < -0.39 is 5.60 Å². The Morgan fingerprint density at radius 1 is 1.14 bits per heavy atom. The first-order valence-electron chi connectivity index (χ1n) is 18.8. The molecule has 8 nitrogen and oxygen atoms in total. The highest BCUT2D eigenvalue weighted by Crippen LogP contribution is 2.49. The number of ether oxygens (including phenoxy) is 2. The molecule has 4 unspecified atom stereocenters. The maximum absolute atomic E-state index is 13.6. The van der Waals surface area contributed by atoms with E-state index in [4.69, 9.17) is 21.1 Å². The highest BCUT2D eigenvalue weighted by Gasteiger charge is 2.50. The largest absolute Gasteiger partial charge is 0.490 e. The molecule has 4 heterocycles. The van der Waals surface area contributed by atoms with Gasteiger partial charge in [-0.25, -0.2) is 9.97 Å². The molecule has 1 spiro atoms. The number of aryl methyl sites for hydroxylation is 1. The predicted molar refractivity (Wildman–Crippen MR) is 205 cm³/mol. The topological polar surface area (TPSA) is 79.8 Å². The van der Waals surface area contributed by atoms with Crippen LogP contribution in [0.4, 0.5) is 5.69 Å². The molecule has 10 heteroatoms. The van der Waals surface area contributed by atoms with Crippen LogP contribution in [0.2, 0.25) is 5.02 Å². The van der Waals surface area contributed by atoms with Crippen LogP contribution in [0.3, 0.4) is 0 Å². The van der Waals surface area contributed by atoms with E-state index in [-0.39, 0.29) is 16.6 Å². The standard InChI is InChI=1S/C41H50ClN5O3S/c1-27-6-4-16-41(49-3,24-46-17-14-36-32(21-46)20-43-26-44-36)35-11-8-31(35)22-47-23-40(15-5-7-29-18-33(42)10-12-34(29)40)25-50-38-13-9-30(19-37(38)47)39(48)45-51-28(27)2/h4,9-10,12-13,16,18-20,26-28,31,35H,5-8,11,14-15,17,21-25H2,1-3H3,(H,45,48)/b16-4+/t27?,28?,31?,35?,40-,41-/m0/s1. The summed E-state index contributed by atoms with van der Waals surface area (Å²) < 4.78 is 16.7. The third-order valence-corrected chi connectivity index (χ3v) is 14.0. The Morgan fingerprint density at radius 3 is 2.88 bits per heavy atom. The van der Waals surface area contributed by atoms with Gasteiger partial charge in [-0.2, -0.15) is 0 Å². The van der Waals surface area contributed by atoms with Gasteiger partial charge in [0.15, 0.2) is 0 Å². The van der Waals surface area contributed by atoms with Crippen LogP contribution in [-0.2, 0) is 29.5 Å². The first-order valence-corrected chi connectivity index (χ1v) is 20.0. The minimum absolute atomic E-state index is 0.0607. The minimum atomic E-state index is -0.434. The fourth-order valence-corrected chi connectivity index (χ4v) is 10.3. The summed E-state index contributed by atoms with van der Waals surface area (Å²) >= 11 is 8.04. The monoisotopic (exact) mass is 727 g/mol. The van der Waals surface area contributed by atoms with E-state index in [1.165, 1.54) is 28.6 Å². The lowest BCUT2D eigenvalue weighted by Gasteiger charge is -2.52. The number of rotatable bonds is 3. The molecule has 5 aliphatic rings. The number of nitrogens with one attached hydrogen (secondary N) is 1. The second-order valence-electron chi connectivity index (χ2n) is 15.7. The number of methoxy groups -OCH3 is 1. The predicted octanol–water partition coefficient (Wildman–Crippen LogP) is 7.44. The van der Waals surface area contributed by atoms with E-state index in [0.717, 1.165) is 99.8 Å². The van der Waals surface area contributed by atoms with E-state index in [0.29, 0.717) is 29.9 Å². The summed E-state index contributed by atoms with van der Waals surface area (Å²) in [6.45, 7) is 9.38. The Kier molecular flexibility index (Phi) is 9.85. The fraction of sp³-hybridized carbons (Fsp3) is 0.537. The van der Waals surface area contributed by atoms with E-state index >= 15 is 0 Å². The minimum Gasteiger partial charge on any atom is -0.490 e. The molecule has 8 rings (SSSR count). The molecule has 2 bridgehead atoms. The summed E-state index contributed by atoms with van der Waals surface area (Å²) in [6, 6.07) is 12.4.